The van der Waals surface area contributed by atoms with Crippen LogP contribution in [0.1, 0.15) is 25.0 Å². The molecule has 3 rings (SSSR count). The number of halogens is 4. The monoisotopic (exact) mass is 452 g/mol. The molecule has 0 saturated carbocycles. The van der Waals surface area contributed by atoms with E-state index in [0.29, 0.717) is 17.4 Å². The molecule has 2 N–H and O–H groups in total. The highest BCUT2D eigenvalue weighted by Gasteiger charge is 2.34. The summed E-state index contributed by atoms with van der Waals surface area (Å²) in [4.78, 5) is 4.32. The Balaban J connectivity index is 2.27. The van der Waals surface area contributed by atoms with Crippen molar-refractivity contribution in [1.29, 1.82) is 0 Å². The smallest absolute Gasteiger partial charge is 0.417 e. The van der Waals surface area contributed by atoms with Gasteiger partial charge in [-0.2, -0.15) is 13.2 Å². The van der Waals surface area contributed by atoms with Gasteiger partial charge >= 0.3 is 6.18 Å². The van der Waals surface area contributed by atoms with E-state index in [-0.39, 0.29) is 22.9 Å². The number of hydrogen-bond donors (Lipinski definition) is 1. The average Bonchev–Trinajstić information content (AvgIpc) is 2.60. The van der Waals surface area contributed by atoms with Gasteiger partial charge in [-0.05, 0) is 55.6 Å². The summed E-state index contributed by atoms with van der Waals surface area (Å²) in [6.45, 7) is 3.97. The molecule has 7 heteroatoms. The standard InChI is InChI=1S/C21H20BrF3N2O/c1-12(2)28-20-11-17(21(23,24)25)16-9-18(22)15(10-19(16)27-20)14-6-4-3-5-13(14)7-8-26/h3-6,9-12H,7-8,26H2,1-2H3. The number of fused-ring (bicyclic) bond motifs is 1. The van der Waals surface area contributed by atoms with E-state index in [1.165, 1.54) is 6.07 Å². The number of benzene rings is 2. The Morgan fingerprint density at radius 1 is 1.11 bits per heavy atom. The lowest BCUT2D eigenvalue weighted by Gasteiger charge is -2.17. The summed E-state index contributed by atoms with van der Waals surface area (Å²) in [7, 11) is 0. The first-order valence-corrected chi connectivity index (χ1v) is 9.66. The normalized spacial score (nSPS) is 12.0. The van der Waals surface area contributed by atoms with E-state index in [1.807, 2.05) is 24.3 Å². The van der Waals surface area contributed by atoms with Gasteiger partial charge in [-0.25, -0.2) is 4.98 Å². The van der Waals surface area contributed by atoms with E-state index in [9.17, 15) is 13.2 Å². The fourth-order valence-electron chi connectivity index (χ4n) is 3.12. The molecule has 1 heterocycles. The zero-order valence-electron chi connectivity index (χ0n) is 15.5. The molecular formula is C21H20BrF3N2O. The Bertz CT molecular complexity index is 1000. The first-order chi connectivity index (χ1) is 13.2. The number of pyridine rings is 1. The average molecular weight is 453 g/mol. The van der Waals surface area contributed by atoms with E-state index in [4.69, 9.17) is 10.5 Å². The lowest BCUT2D eigenvalue weighted by atomic mass is 9.96. The maximum absolute atomic E-state index is 13.6. The molecule has 0 fully saturated rings. The summed E-state index contributed by atoms with van der Waals surface area (Å²) < 4.78 is 46.9. The highest BCUT2D eigenvalue weighted by atomic mass is 79.9. The van der Waals surface area contributed by atoms with Crippen molar-refractivity contribution < 1.29 is 17.9 Å². The molecular weight excluding hydrogens is 433 g/mol. The Morgan fingerprint density at radius 3 is 2.46 bits per heavy atom. The molecule has 0 aliphatic rings. The summed E-state index contributed by atoms with van der Waals surface area (Å²) >= 11 is 3.44. The summed E-state index contributed by atoms with van der Waals surface area (Å²) in [5.41, 5.74) is 7.86. The molecule has 2 aromatic carbocycles. The van der Waals surface area contributed by atoms with Gasteiger partial charge in [0.2, 0.25) is 5.88 Å². The Kier molecular flexibility index (Phi) is 5.95. The zero-order valence-corrected chi connectivity index (χ0v) is 17.1. The van der Waals surface area contributed by atoms with Gasteiger partial charge in [0.05, 0.1) is 17.2 Å². The van der Waals surface area contributed by atoms with Gasteiger partial charge in [0.25, 0.3) is 0 Å². The van der Waals surface area contributed by atoms with E-state index >= 15 is 0 Å². The third kappa shape index (κ3) is 4.31. The molecule has 3 aromatic rings. The number of nitrogens with two attached hydrogens (primary N) is 1. The van der Waals surface area contributed by atoms with Gasteiger partial charge in [-0.1, -0.05) is 40.2 Å². The predicted octanol–water partition coefficient (Wildman–Crippen LogP) is 5.97. The third-order valence-electron chi connectivity index (χ3n) is 4.26. The van der Waals surface area contributed by atoms with Crippen LogP contribution in [0.25, 0.3) is 22.0 Å². The number of nitrogens with zero attached hydrogens (tertiary/aromatic N) is 1. The second-order valence-electron chi connectivity index (χ2n) is 6.72. The highest BCUT2D eigenvalue weighted by molar-refractivity contribution is 9.10. The van der Waals surface area contributed by atoms with Crippen molar-refractivity contribution in [2.75, 3.05) is 6.54 Å². The fourth-order valence-corrected chi connectivity index (χ4v) is 3.68. The largest absolute Gasteiger partial charge is 0.475 e. The predicted molar refractivity (Wildman–Crippen MR) is 108 cm³/mol. The molecule has 0 radical (unpaired) electrons. The van der Waals surface area contributed by atoms with Crippen molar-refractivity contribution in [3.05, 3.63) is 58.1 Å². The SMILES string of the molecule is CC(C)Oc1cc(C(F)(F)F)c2cc(Br)c(-c3ccccc3CCN)cc2n1. The van der Waals surface area contributed by atoms with Crippen molar-refractivity contribution in [1.82, 2.24) is 4.98 Å². The van der Waals surface area contributed by atoms with Gasteiger partial charge in [-0.3, -0.25) is 0 Å². The molecule has 0 unspecified atom stereocenters. The third-order valence-corrected chi connectivity index (χ3v) is 4.91. The summed E-state index contributed by atoms with van der Waals surface area (Å²) in [6, 6.07) is 11.8. The summed E-state index contributed by atoms with van der Waals surface area (Å²) in [5, 5.41) is 0.0236. The quantitative estimate of drug-likeness (QED) is 0.518. The van der Waals surface area contributed by atoms with Crippen molar-refractivity contribution in [3.8, 4) is 17.0 Å². The molecule has 0 atom stereocenters. The minimum Gasteiger partial charge on any atom is -0.475 e. The fraction of sp³-hybridized carbons (Fsp3) is 0.286. The topological polar surface area (TPSA) is 48.1 Å². The molecule has 0 aliphatic carbocycles. The van der Waals surface area contributed by atoms with Crippen LogP contribution in [0.4, 0.5) is 13.2 Å². The minimum absolute atomic E-state index is 0.0236. The number of rotatable bonds is 5. The molecule has 3 nitrogen and oxygen atoms in total. The van der Waals surface area contributed by atoms with Gasteiger partial charge in [-0.15, -0.1) is 0 Å². The van der Waals surface area contributed by atoms with Crippen LogP contribution in [0.2, 0.25) is 0 Å². The molecule has 28 heavy (non-hydrogen) atoms. The maximum atomic E-state index is 13.6. The second kappa shape index (κ2) is 8.09. The maximum Gasteiger partial charge on any atom is 0.417 e. The Morgan fingerprint density at radius 2 is 1.82 bits per heavy atom. The minimum atomic E-state index is -4.52. The molecule has 0 amide bonds. The van der Waals surface area contributed by atoms with Crippen LogP contribution >= 0.6 is 15.9 Å². The Labute approximate surface area is 169 Å². The van der Waals surface area contributed by atoms with Crippen molar-refractivity contribution in [2.45, 2.75) is 32.5 Å². The van der Waals surface area contributed by atoms with Gasteiger partial charge in [0, 0.05) is 15.9 Å². The van der Waals surface area contributed by atoms with E-state index in [1.54, 1.807) is 19.9 Å². The highest BCUT2D eigenvalue weighted by Crippen LogP contribution is 2.40. The first kappa shape index (κ1) is 20.6. The van der Waals surface area contributed by atoms with Gasteiger partial charge in [0.1, 0.15) is 0 Å². The summed E-state index contributed by atoms with van der Waals surface area (Å²) in [6.07, 6.45) is -4.14. The van der Waals surface area contributed by atoms with E-state index < -0.39 is 11.7 Å². The van der Waals surface area contributed by atoms with Crippen molar-refractivity contribution >= 4 is 26.8 Å². The Hall–Kier alpha value is -2.12. The van der Waals surface area contributed by atoms with Crippen LogP contribution in [0.5, 0.6) is 5.88 Å². The van der Waals surface area contributed by atoms with Crippen molar-refractivity contribution in [2.24, 2.45) is 5.73 Å². The molecule has 148 valence electrons. The number of hydrogen-bond acceptors (Lipinski definition) is 3. The molecule has 0 bridgehead atoms. The van der Waals surface area contributed by atoms with Crippen LogP contribution in [-0.4, -0.2) is 17.6 Å². The van der Waals surface area contributed by atoms with Crippen LogP contribution in [0, 0.1) is 0 Å². The molecule has 0 spiro atoms. The number of aromatic nitrogens is 1. The van der Waals surface area contributed by atoms with Crippen LogP contribution in [-0.2, 0) is 12.6 Å². The van der Waals surface area contributed by atoms with Crippen molar-refractivity contribution in [3.63, 3.8) is 0 Å². The van der Waals surface area contributed by atoms with Crippen LogP contribution in [0.15, 0.2) is 46.9 Å². The number of alkyl halides is 3. The van der Waals surface area contributed by atoms with Crippen LogP contribution < -0.4 is 10.5 Å². The first-order valence-electron chi connectivity index (χ1n) is 8.87. The molecule has 0 aliphatic heterocycles. The number of ether oxygens (including phenoxy) is 1. The van der Waals surface area contributed by atoms with Crippen LogP contribution in [0.3, 0.4) is 0 Å². The summed E-state index contributed by atoms with van der Waals surface area (Å²) in [5.74, 6) is -0.0432. The molecule has 0 saturated heterocycles. The lowest BCUT2D eigenvalue weighted by Crippen LogP contribution is -2.11. The molecule has 1 aromatic heterocycles. The van der Waals surface area contributed by atoms with Gasteiger partial charge in [0.15, 0.2) is 0 Å². The lowest BCUT2D eigenvalue weighted by molar-refractivity contribution is -0.136. The second-order valence-corrected chi connectivity index (χ2v) is 7.57. The van der Waals surface area contributed by atoms with Gasteiger partial charge < -0.3 is 10.5 Å². The van der Waals surface area contributed by atoms with E-state index in [2.05, 4.69) is 20.9 Å². The zero-order chi connectivity index (χ0) is 20.5. The van der Waals surface area contributed by atoms with E-state index in [0.717, 1.165) is 22.8 Å².